The molecule has 1 aliphatic heterocycles. The molecular formula is C26H28FN3O3S. The lowest BCUT2D eigenvalue weighted by atomic mass is 9.84. The molecule has 34 heavy (non-hydrogen) atoms. The zero-order chi connectivity index (χ0) is 24.5. The van der Waals surface area contributed by atoms with Crippen LogP contribution in [0.5, 0.6) is 0 Å². The maximum atomic E-state index is 13.6. The van der Waals surface area contributed by atoms with E-state index in [9.17, 15) is 18.8 Å². The number of imide groups is 1. The van der Waals surface area contributed by atoms with E-state index in [2.05, 4.69) is 9.88 Å². The van der Waals surface area contributed by atoms with Crippen LogP contribution >= 0.6 is 11.3 Å². The Kier molecular flexibility index (Phi) is 6.70. The van der Waals surface area contributed by atoms with Gasteiger partial charge in [0.2, 0.25) is 0 Å². The second-order valence-corrected chi connectivity index (χ2v) is 9.74. The zero-order valence-electron chi connectivity index (χ0n) is 19.6. The first-order valence-corrected chi connectivity index (χ1v) is 12.3. The number of hydrogen-bond donors (Lipinski definition) is 1. The third-order valence-corrected chi connectivity index (χ3v) is 7.35. The van der Waals surface area contributed by atoms with Crippen molar-refractivity contribution in [1.29, 1.82) is 0 Å². The van der Waals surface area contributed by atoms with Crippen molar-refractivity contribution >= 4 is 29.1 Å². The molecule has 0 spiro atoms. The van der Waals surface area contributed by atoms with Gasteiger partial charge in [-0.05, 0) is 55.5 Å². The average molecular weight is 482 g/mol. The van der Waals surface area contributed by atoms with Crippen molar-refractivity contribution in [3.05, 3.63) is 81.1 Å². The maximum Gasteiger partial charge on any atom is 0.325 e. The number of aromatic nitrogens is 1. The fourth-order valence-electron chi connectivity index (χ4n) is 4.57. The monoisotopic (exact) mass is 481 g/mol. The van der Waals surface area contributed by atoms with E-state index >= 15 is 0 Å². The van der Waals surface area contributed by atoms with Gasteiger partial charge in [0.05, 0.1) is 13.1 Å². The molecule has 1 aromatic carbocycles. The van der Waals surface area contributed by atoms with Crippen molar-refractivity contribution in [1.82, 2.24) is 14.8 Å². The second-order valence-electron chi connectivity index (χ2n) is 8.71. The van der Waals surface area contributed by atoms with Gasteiger partial charge in [0, 0.05) is 21.8 Å². The minimum Gasteiger partial charge on any atom is -0.343 e. The lowest BCUT2D eigenvalue weighted by molar-refractivity contribution is -0.131. The molecule has 1 fully saturated rings. The minimum absolute atomic E-state index is 0.292. The zero-order valence-corrected chi connectivity index (χ0v) is 20.4. The number of nitrogens with one attached hydrogen (secondary N) is 1. The number of benzene rings is 1. The summed E-state index contributed by atoms with van der Waals surface area (Å²) < 4.78 is 15.6. The van der Waals surface area contributed by atoms with Crippen molar-refractivity contribution in [3.63, 3.8) is 0 Å². The Balaban J connectivity index is 1.59. The summed E-state index contributed by atoms with van der Waals surface area (Å²) in [6, 6.07) is 10.8. The molecule has 1 atom stereocenters. The van der Waals surface area contributed by atoms with Gasteiger partial charge in [0.15, 0.2) is 5.78 Å². The molecule has 0 saturated carbocycles. The third kappa shape index (κ3) is 4.30. The van der Waals surface area contributed by atoms with E-state index in [-0.39, 0.29) is 12.3 Å². The summed E-state index contributed by atoms with van der Waals surface area (Å²) in [4.78, 5) is 41.9. The largest absolute Gasteiger partial charge is 0.343 e. The summed E-state index contributed by atoms with van der Waals surface area (Å²) in [7, 11) is 0. The predicted molar refractivity (Wildman–Crippen MR) is 130 cm³/mol. The normalized spacial score (nSPS) is 17.9. The number of urea groups is 1. The van der Waals surface area contributed by atoms with Crippen LogP contribution < -0.4 is 5.32 Å². The average Bonchev–Trinajstić information content (AvgIpc) is 3.49. The lowest BCUT2D eigenvalue weighted by Crippen LogP contribution is -2.44. The molecule has 0 bridgehead atoms. The quantitative estimate of drug-likeness (QED) is 0.338. The summed E-state index contributed by atoms with van der Waals surface area (Å²) in [5.74, 6) is -1.19. The highest BCUT2D eigenvalue weighted by Gasteiger charge is 2.52. The number of ketones is 1. The van der Waals surface area contributed by atoms with Crippen LogP contribution in [0.4, 0.5) is 9.18 Å². The number of halogens is 1. The molecule has 0 unspecified atom stereocenters. The van der Waals surface area contributed by atoms with Gasteiger partial charge in [-0.2, -0.15) is 0 Å². The minimum atomic E-state index is -1.29. The van der Waals surface area contributed by atoms with Crippen LogP contribution in [0.1, 0.15) is 58.4 Å². The molecule has 3 amide bonds. The number of Topliss-reactive ketones (excluding diaryl/α,β-unsaturated/α-hetero) is 1. The first kappa shape index (κ1) is 23.9. The summed E-state index contributed by atoms with van der Waals surface area (Å²) in [6.45, 7) is 6.13. The van der Waals surface area contributed by atoms with Crippen LogP contribution in [0.3, 0.4) is 0 Å². The molecule has 1 aliphatic rings. The Bertz CT molecular complexity index is 1220. The van der Waals surface area contributed by atoms with Gasteiger partial charge >= 0.3 is 6.03 Å². The molecule has 2 aromatic heterocycles. The smallest absolute Gasteiger partial charge is 0.325 e. The van der Waals surface area contributed by atoms with Crippen LogP contribution in [-0.2, 0) is 16.9 Å². The Morgan fingerprint density at radius 3 is 2.53 bits per heavy atom. The summed E-state index contributed by atoms with van der Waals surface area (Å²) in [6.07, 6.45) is 1.88. The van der Waals surface area contributed by atoms with Crippen molar-refractivity contribution in [3.8, 4) is 0 Å². The third-order valence-electron chi connectivity index (χ3n) is 6.49. The number of unbranched alkanes of at least 4 members (excludes halogenated alkanes) is 1. The number of thiophene rings is 1. The first-order valence-electron chi connectivity index (χ1n) is 11.4. The molecule has 178 valence electrons. The molecule has 3 aromatic rings. The fraction of sp³-hybridized carbons (Fsp3) is 0.346. The van der Waals surface area contributed by atoms with Crippen molar-refractivity contribution in [2.75, 3.05) is 6.54 Å². The van der Waals surface area contributed by atoms with Gasteiger partial charge in [-0.3, -0.25) is 14.5 Å². The molecule has 1 saturated heterocycles. The molecule has 3 heterocycles. The number of amides is 3. The first-order chi connectivity index (χ1) is 16.3. The van der Waals surface area contributed by atoms with Gasteiger partial charge in [-0.15, -0.1) is 11.3 Å². The predicted octanol–water partition coefficient (Wildman–Crippen LogP) is 5.17. The summed E-state index contributed by atoms with van der Waals surface area (Å²) in [5.41, 5.74) is 1.47. The highest BCUT2D eigenvalue weighted by molar-refractivity contribution is 7.09. The van der Waals surface area contributed by atoms with E-state index in [4.69, 9.17) is 0 Å². The van der Waals surface area contributed by atoms with Gasteiger partial charge in [0.1, 0.15) is 11.4 Å². The Labute approximate surface area is 202 Å². The van der Waals surface area contributed by atoms with Crippen molar-refractivity contribution < 1.29 is 18.8 Å². The van der Waals surface area contributed by atoms with Crippen molar-refractivity contribution in [2.24, 2.45) is 0 Å². The lowest BCUT2D eigenvalue weighted by Gasteiger charge is -2.27. The molecule has 0 radical (unpaired) electrons. The number of hydrogen-bond acceptors (Lipinski definition) is 4. The molecule has 4 rings (SSSR count). The van der Waals surface area contributed by atoms with Crippen molar-refractivity contribution in [2.45, 2.75) is 52.1 Å². The van der Waals surface area contributed by atoms with Gasteiger partial charge in [-0.1, -0.05) is 38.0 Å². The number of nitrogens with zero attached hydrogens (tertiary/aromatic N) is 2. The van der Waals surface area contributed by atoms with E-state index in [0.29, 0.717) is 30.5 Å². The van der Waals surface area contributed by atoms with E-state index in [1.54, 1.807) is 11.3 Å². The van der Waals surface area contributed by atoms with Gasteiger partial charge in [-0.25, -0.2) is 9.18 Å². The maximum absolute atomic E-state index is 13.6. The Morgan fingerprint density at radius 1 is 1.15 bits per heavy atom. The summed E-state index contributed by atoms with van der Waals surface area (Å²) >= 11 is 1.65. The van der Waals surface area contributed by atoms with Crippen LogP contribution in [0.25, 0.3) is 0 Å². The number of carbonyl (C=O) groups excluding carboxylic acids is 3. The van der Waals surface area contributed by atoms with E-state index in [0.717, 1.165) is 22.7 Å². The highest BCUT2D eigenvalue weighted by atomic mass is 32.1. The molecule has 8 heteroatoms. The fourth-order valence-corrected chi connectivity index (χ4v) is 5.26. The topological polar surface area (TPSA) is 71.4 Å². The number of carbonyl (C=O) groups is 3. The van der Waals surface area contributed by atoms with Crippen LogP contribution in [0.2, 0.25) is 0 Å². The van der Waals surface area contributed by atoms with Crippen LogP contribution in [0.15, 0.2) is 47.8 Å². The van der Waals surface area contributed by atoms with E-state index in [1.165, 1.54) is 29.1 Å². The summed E-state index contributed by atoms with van der Waals surface area (Å²) in [5, 5.41) is 4.83. The number of aryl methyl sites for hydroxylation is 1. The SMILES string of the molecule is CCCC[C@]1(c2ccc(F)cc2)NC(=O)N(CC(=O)c2cc(C)n(Cc3cccs3)c2C)C1=O. The Hall–Kier alpha value is -3.26. The van der Waals surface area contributed by atoms with E-state index < -0.39 is 23.3 Å². The molecule has 0 aliphatic carbocycles. The highest BCUT2D eigenvalue weighted by Crippen LogP contribution is 2.34. The van der Waals surface area contributed by atoms with Crippen LogP contribution in [0, 0.1) is 19.7 Å². The van der Waals surface area contributed by atoms with Gasteiger partial charge < -0.3 is 9.88 Å². The van der Waals surface area contributed by atoms with Gasteiger partial charge in [0.25, 0.3) is 5.91 Å². The molecule has 6 nitrogen and oxygen atoms in total. The number of rotatable bonds is 9. The standard InChI is InChI=1S/C26H28FN3O3S/c1-4-5-12-26(19-8-10-20(27)11-9-19)24(32)30(25(33)28-26)16-23(31)22-14-17(2)29(18(22)3)15-21-7-6-13-34-21/h6-11,13-14H,4-5,12,15-16H2,1-3H3,(H,28,33)/t26-/m1/s1. The van der Waals surface area contributed by atoms with Crippen LogP contribution in [-0.4, -0.2) is 33.7 Å². The molecule has 1 N–H and O–H groups in total. The Morgan fingerprint density at radius 2 is 1.88 bits per heavy atom. The van der Waals surface area contributed by atoms with E-state index in [1.807, 2.05) is 44.4 Å². The molecular weight excluding hydrogens is 453 g/mol. The second kappa shape index (κ2) is 9.54.